The molecule has 0 N–H and O–H groups in total. The highest BCUT2D eigenvalue weighted by Gasteiger charge is 2.27. The molecule has 0 aliphatic heterocycles. The van der Waals surface area contributed by atoms with E-state index >= 15 is 0 Å². The van der Waals surface area contributed by atoms with Crippen molar-refractivity contribution in [3.05, 3.63) is 258 Å². The summed E-state index contributed by atoms with van der Waals surface area (Å²) in [6.07, 6.45) is 9.20. The van der Waals surface area contributed by atoms with Crippen LogP contribution >= 0.6 is 0 Å². The highest BCUT2D eigenvalue weighted by Crippen LogP contribution is 2.44. The second-order valence-corrected chi connectivity index (χ2v) is 18.1. The second-order valence-electron chi connectivity index (χ2n) is 18.1. The van der Waals surface area contributed by atoms with Gasteiger partial charge in [0.25, 0.3) is 0 Å². The largest absolute Gasteiger partial charge is 0.309 e. The Morgan fingerprint density at radius 2 is 1.21 bits per heavy atom. The molecule has 1 aliphatic carbocycles. The summed E-state index contributed by atoms with van der Waals surface area (Å²) in [7, 11) is 0. The SMILES string of the molecule is CCC(Cc1ccc(-c2ccccc2)cc1-c1cc(-c2ccccc2)ccc1C)c1ncccc1-c1cc(C#N)ccc1-n1c2c(c3cc(-c4ccccc4)ccc31)CC(c1ccccc1)C=C2. The van der Waals surface area contributed by atoms with E-state index in [2.05, 4.69) is 231 Å². The average Bonchev–Trinajstić information content (AvgIpc) is 3.74. The van der Waals surface area contributed by atoms with Gasteiger partial charge in [0.05, 0.1) is 28.5 Å². The highest BCUT2D eigenvalue weighted by molar-refractivity contribution is 5.95. The topological polar surface area (TPSA) is 41.6 Å². The molecular formula is C65H51N3. The Morgan fingerprint density at radius 1 is 0.588 bits per heavy atom. The van der Waals surface area contributed by atoms with E-state index in [-0.39, 0.29) is 11.8 Å². The molecule has 0 fully saturated rings. The average molecular weight is 874 g/mol. The van der Waals surface area contributed by atoms with Gasteiger partial charge in [0.15, 0.2) is 0 Å². The molecule has 2 atom stereocenters. The first kappa shape index (κ1) is 42.3. The molecule has 0 spiro atoms. The number of nitriles is 1. The molecule has 2 heterocycles. The van der Waals surface area contributed by atoms with E-state index in [1.165, 1.54) is 77.8 Å². The van der Waals surface area contributed by atoms with Crippen molar-refractivity contribution in [2.24, 2.45) is 0 Å². The smallest absolute Gasteiger partial charge is 0.0991 e. The van der Waals surface area contributed by atoms with Crippen LogP contribution in [-0.4, -0.2) is 9.55 Å². The Morgan fingerprint density at radius 3 is 1.87 bits per heavy atom. The fourth-order valence-electron chi connectivity index (χ4n) is 10.5. The van der Waals surface area contributed by atoms with Gasteiger partial charge in [-0.3, -0.25) is 4.98 Å². The van der Waals surface area contributed by atoms with Crippen LogP contribution in [0.5, 0.6) is 0 Å². The summed E-state index contributed by atoms with van der Waals surface area (Å²) in [5.74, 6) is 0.342. The Labute approximate surface area is 400 Å². The number of rotatable bonds is 11. The predicted octanol–water partition coefficient (Wildman–Crippen LogP) is 16.6. The zero-order valence-electron chi connectivity index (χ0n) is 38.5. The van der Waals surface area contributed by atoms with Crippen LogP contribution < -0.4 is 0 Å². The minimum atomic E-state index is 0.0824. The van der Waals surface area contributed by atoms with Gasteiger partial charge in [0.2, 0.25) is 0 Å². The van der Waals surface area contributed by atoms with Gasteiger partial charge in [-0.25, -0.2) is 0 Å². The lowest BCUT2D eigenvalue weighted by molar-refractivity contribution is 0.643. The number of aromatic nitrogens is 2. The monoisotopic (exact) mass is 873 g/mol. The van der Waals surface area contributed by atoms with Crippen LogP contribution in [0.2, 0.25) is 0 Å². The molecule has 68 heavy (non-hydrogen) atoms. The maximum atomic E-state index is 10.5. The van der Waals surface area contributed by atoms with Gasteiger partial charge in [0.1, 0.15) is 0 Å². The van der Waals surface area contributed by atoms with Crippen LogP contribution in [0.3, 0.4) is 0 Å². The van der Waals surface area contributed by atoms with Gasteiger partial charge >= 0.3 is 0 Å². The third-order valence-corrected chi connectivity index (χ3v) is 14.1. The lowest BCUT2D eigenvalue weighted by atomic mass is 9.83. The number of fused-ring (bicyclic) bond motifs is 3. The summed E-state index contributed by atoms with van der Waals surface area (Å²) >= 11 is 0. The summed E-state index contributed by atoms with van der Waals surface area (Å²) < 4.78 is 2.44. The first-order chi connectivity index (χ1) is 33.5. The molecule has 3 heteroatoms. The molecule has 0 radical (unpaired) electrons. The molecule has 2 unspecified atom stereocenters. The van der Waals surface area contributed by atoms with Gasteiger partial charge in [-0.2, -0.15) is 5.26 Å². The van der Waals surface area contributed by atoms with Gasteiger partial charge in [-0.1, -0.05) is 171 Å². The minimum absolute atomic E-state index is 0.0824. The van der Waals surface area contributed by atoms with Crippen molar-refractivity contribution in [2.45, 2.75) is 44.9 Å². The fourth-order valence-corrected chi connectivity index (χ4v) is 10.5. The van der Waals surface area contributed by atoms with Crippen molar-refractivity contribution >= 4 is 17.0 Å². The van der Waals surface area contributed by atoms with Gasteiger partial charge in [0, 0.05) is 40.2 Å². The minimum Gasteiger partial charge on any atom is -0.309 e. The molecule has 10 aromatic rings. The zero-order chi connectivity index (χ0) is 46.0. The van der Waals surface area contributed by atoms with E-state index in [9.17, 15) is 5.26 Å². The van der Waals surface area contributed by atoms with E-state index in [1.807, 2.05) is 18.3 Å². The van der Waals surface area contributed by atoms with Crippen LogP contribution in [0.25, 0.3) is 78.3 Å². The van der Waals surface area contributed by atoms with E-state index < -0.39 is 0 Å². The lowest BCUT2D eigenvalue weighted by Crippen LogP contribution is -2.10. The number of allylic oxidation sites excluding steroid dienone is 1. The molecule has 8 aromatic carbocycles. The van der Waals surface area contributed by atoms with Crippen LogP contribution in [0.4, 0.5) is 0 Å². The van der Waals surface area contributed by atoms with Crippen molar-refractivity contribution in [1.82, 2.24) is 9.55 Å². The summed E-state index contributed by atoms with van der Waals surface area (Å²) in [4.78, 5) is 5.27. The van der Waals surface area contributed by atoms with Crippen molar-refractivity contribution in [2.75, 3.05) is 0 Å². The van der Waals surface area contributed by atoms with E-state index in [0.717, 1.165) is 47.3 Å². The number of aryl methyl sites for hydroxylation is 1. The maximum Gasteiger partial charge on any atom is 0.0991 e. The summed E-state index contributed by atoms with van der Waals surface area (Å²) in [5.41, 5.74) is 21.9. The zero-order valence-corrected chi connectivity index (χ0v) is 38.5. The third-order valence-electron chi connectivity index (χ3n) is 14.1. The van der Waals surface area contributed by atoms with Crippen LogP contribution in [0.1, 0.15) is 64.4 Å². The number of benzene rings is 8. The highest BCUT2D eigenvalue weighted by atomic mass is 15.0. The van der Waals surface area contributed by atoms with E-state index in [0.29, 0.717) is 5.56 Å². The summed E-state index contributed by atoms with van der Waals surface area (Å²) in [6.45, 7) is 4.51. The normalized spacial score (nSPS) is 13.5. The first-order valence-corrected chi connectivity index (χ1v) is 23.8. The Hall–Kier alpha value is -8.32. The molecule has 1 aliphatic rings. The molecule has 3 nitrogen and oxygen atoms in total. The van der Waals surface area contributed by atoms with Crippen molar-refractivity contribution in [1.29, 1.82) is 5.26 Å². The van der Waals surface area contributed by atoms with Crippen LogP contribution in [0, 0.1) is 18.3 Å². The van der Waals surface area contributed by atoms with Crippen molar-refractivity contribution in [3.8, 4) is 67.4 Å². The van der Waals surface area contributed by atoms with Crippen LogP contribution in [-0.2, 0) is 12.8 Å². The quantitative estimate of drug-likeness (QED) is 0.130. The van der Waals surface area contributed by atoms with Crippen molar-refractivity contribution < 1.29 is 0 Å². The number of pyridine rings is 1. The van der Waals surface area contributed by atoms with E-state index in [4.69, 9.17) is 4.98 Å². The van der Waals surface area contributed by atoms with Gasteiger partial charge in [-0.05, 0) is 148 Å². The van der Waals surface area contributed by atoms with Gasteiger partial charge in [-0.15, -0.1) is 0 Å². The molecule has 0 amide bonds. The van der Waals surface area contributed by atoms with Gasteiger partial charge < -0.3 is 4.57 Å². The predicted molar refractivity (Wildman–Crippen MR) is 283 cm³/mol. The fraction of sp³-hybridized carbons (Fsp3) is 0.108. The second kappa shape index (κ2) is 18.5. The number of hydrogen-bond donors (Lipinski definition) is 0. The molecule has 0 saturated carbocycles. The molecule has 11 rings (SSSR count). The maximum absolute atomic E-state index is 10.5. The molecule has 326 valence electrons. The standard InChI is InChI=1S/C65H51N3/c1-3-46(38-55-30-29-52(48-19-10-5-11-20-48)40-58(55)57-39-51(28-26-44(57)2)47-17-8-4-9-18-47)65-56(25-16-36-67-65)59-37-45(43-66)27-33-62(59)68-63-34-31-53(49-21-12-6-13-22-49)41-60(63)61-42-54(32-35-64(61)68)50-23-14-7-15-24-50/h4-37,39-41,46,54H,3,38,42H2,1-2H3. The molecule has 0 bridgehead atoms. The molecular weight excluding hydrogens is 823 g/mol. The van der Waals surface area contributed by atoms with Crippen LogP contribution in [0.15, 0.2) is 219 Å². The first-order valence-electron chi connectivity index (χ1n) is 23.8. The van der Waals surface area contributed by atoms with E-state index in [1.54, 1.807) is 0 Å². The van der Waals surface area contributed by atoms with Crippen molar-refractivity contribution in [3.63, 3.8) is 0 Å². The third kappa shape index (κ3) is 8.05. The Bertz CT molecular complexity index is 3500. The lowest BCUT2D eigenvalue weighted by Gasteiger charge is -2.24. The Balaban J connectivity index is 1.06. The molecule has 0 saturated heterocycles. The Kier molecular flexibility index (Phi) is 11.5. The molecule has 2 aromatic heterocycles. The summed E-state index contributed by atoms with van der Waals surface area (Å²) in [6, 6.07) is 76.6. The number of nitrogens with zero attached hydrogens (tertiary/aromatic N) is 3. The summed E-state index contributed by atoms with van der Waals surface area (Å²) in [5, 5.41) is 11.7. The number of hydrogen-bond acceptors (Lipinski definition) is 2.